The van der Waals surface area contributed by atoms with Gasteiger partial charge < -0.3 is 5.11 Å². The van der Waals surface area contributed by atoms with Crippen molar-refractivity contribution in [2.24, 2.45) is 0 Å². The van der Waals surface area contributed by atoms with Gasteiger partial charge in [0.25, 0.3) is 0 Å². The van der Waals surface area contributed by atoms with Gasteiger partial charge in [-0.1, -0.05) is 30.3 Å². The SMILES string of the molecule is Cc1cccc(C)c1-c1cccc(C(=O)O)c1. The smallest absolute Gasteiger partial charge is 0.335 e. The first kappa shape index (κ1) is 11.4. The van der Waals surface area contributed by atoms with Crippen LogP contribution in [0.5, 0.6) is 0 Å². The molecule has 0 radical (unpaired) electrons. The Balaban J connectivity index is 2.61. The second-order valence-corrected chi connectivity index (χ2v) is 4.15. The van der Waals surface area contributed by atoms with Gasteiger partial charge in [-0.15, -0.1) is 0 Å². The summed E-state index contributed by atoms with van der Waals surface area (Å²) in [5.74, 6) is -0.891. The van der Waals surface area contributed by atoms with Crippen LogP contribution in [-0.4, -0.2) is 11.1 Å². The third-order valence-corrected chi connectivity index (χ3v) is 2.88. The fraction of sp³-hybridized carbons (Fsp3) is 0.133. The first-order chi connectivity index (χ1) is 8.09. The van der Waals surface area contributed by atoms with Crippen molar-refractivity contribution in [2.75, 3.05) is 0 Å². The zero-order valence-corrected chi connectivity index (χ0v) is 9.90. The van der Waals surface area contributed by atoms with E-state index in [0.29, 0.717) is 5.56 Å². The van der Waals surface area contributed by atoms with Gasteiger partial charge in [-0.2, -0.15) is 0 Å². The van der Waals surface area contributed by atoms with Crippen molar-refractivity contribution in [1.82, 2.24) is 0 Å². The molecule has 2 nitrogen and oxygen atoms in total. The molecular weight excluding hydrogens is 212 g/mol. The normalized spacial score (nSPS) is 10.2. The standard InChI is InChI=1S/C15H14O2/c1-10-5-3-6-11(2)14(10)12-7-4-8-13(9-12)15(16)17/h3-9H,1-2H3,(H,16,17). The van der Waals surface area contributed by atoms with Crippen molar-refractivity contribution in [3.05, 3.63) is 59.2 Å². The second-order valence-electron chi connectivity index (χ2n) is 4.15. The van der Waals surface area contributed by atoms with Crippen molar-refractivity contribution in [1.29, 1.82) is 0 Å². The predicted molar refractivity (Wildman–Crippen MR) is 68.3 cm³/mol. The Bertz CT molecular complexity index is 551. The van der Waals surface area contributed by atoms with Crippen LogP contribution in [0.4, 0.5) is 0 Å². The molecule has 2 aromatic carbocycles. The summed E-state index contributed by atoms with van der Waals surface area (Å²) in [6, 6.07) is 13.1. The fourth-order valence-corrected chi connectivity index (χ4v) is 2.08. The summed E-state index contributed by atoms with van der Waals surface area (Å²) in [7, 11) is 0. The molecule has 2 aromatic rings. The van der Waals surface area contributed by atoms with Crippen LogP contribution in [-0.2, 0) is 0 Å². The van der Waals surface area contributed by atoms with Gasteiger partial charge in [0.1, 0.15) is 0 Å². The van der Waals surface area contributed by atoms with E-state index < -0.39 is 5.97 Å². The summed E-state index contributed by atoms with van der Waals surface area (Å²) in [4.78, 5) is 11.0. The number of benzene rings is 2. The van der Waals surface area contributed by atoms with Gasteiger partial charge in [-0.05, 0) is 48.2 Å². The van der Waals surface area contributed by atoms with Gasteiger partial charge in [0.05, 0.1) is 5.56 Å². The number of aryl methyl sites for hydroxylation is 2. The first-order valence-electron chi connectivity index (χ1n) is 5.49. The van der Waals surface area contributed by atoms with Gasteiger partial charge in [0, 0.05) is 0 Å². The van der Waals surface area contributed by atoms with Crippen molar-refractivity contribution < 1.29 is 9.90 Å². The average Bonchev–Trinajstić information content (AvgIpc) is 2.29. The zero-order chi connectivity index (χ0) is 12.4. The van der Waals surface area contributed by atoms with E-state index in [1.807, 2.05) is 38.1 Å². The van der Waals surface area contributed by atoms with E-state index in [4.69, 9.17) is 5.11 Å². The molecule has 0 aliphatic rings. The lowest BCUT2D eigenvalue weighted by Gasteiger charge is -2.10. The molecule has 0 spiro atoms. The van der Waals surface area contributed by atoms with Gasteiger partial charge in [-0.3, -0.25) is 0 Å². The summed E-state index contributed by atoms with van der Waals surface area (Å²) in [5.41, 5.74) is 4.72. The maximum absolute atomic E-state index is 11.0. The summed E-state index contributed by atoms with van der Waals surface area (Å²) < 4.78 is 0. The van der Waals surface area contributed by atoms with Crippen molar-refractivity contribution in [3.8, 4) is 11.1 Å². The van der Waals surface area contributed by atoms with E-state index in [1.165, 1.54) is 0 Å². The molecule has 1 N–H and O–H groups in total. The predicted octanol–water partition coefficient (Wildman–Crippen LogP) is 3.67. The molecule has 17 heavy (non-hydrogen) atoms. The van der Waals surface area contributed by atoms with Crippen LogP contribution in [0, 0.1) is 13.8 Å². The van der Waals surface area contributed by atoms with E-state index in [0.717, 1.165) is 22.3 Å². The van der Waals surface area contributed by atoms with Gasteiger partial charge >= 0.3 is 5.97 Å². The third kappa shape index (κ3) is 2.21. The molecule has 0 aliphatic heterocycles. The molecule has 2 rings (SSSR count). The molecule has 0 aliphatic carbocycles. The molecule has 0 bridgehead atoms. The summed E-state index contributed by atoms with van der Waals surface area (Å²) in [6.45, 7) is 4.07. The quantitative estimate of drug-likeness (QED) is 0.848. The van der Waals surface area contributed by atoms with Crippen LogP contribution in [0.3, 0.4) is 0 Å². The number of rotatable bonds is 2. The Labute approximate surface area is 101 Å². The lowest BCUT2D eigenvalue weighted by atomic mass is 9.95. The molecule has 2 heteroatoms. The highest BCUT2D eigenvalue weighted by molar-refractivity contribution is 5.89. The van der Waals surface area contributed by atoms with Gasteiger partial charge in [0.15, 0.2) is 0 Å². The van der Waals surface area contributed by atoms with E-state index in [1.54, 1.807) is 18.2 Å². The molecule has 0 heterocycles. The number of carboxylic acid groups (broad SMARTS) is 1. The lowest BCUT2D eigenvalue weighted by molar-refractivity contribution is 0.0697. The second kappa shape index (κ2) is 4.42. The van der Waals surface area contributed by atoms with Crippen LogP contribution >= 0.6 is 0 Å². The molecule has 0 unspecified atom stereocenters. The van der Waals surface area contributed by atoms with E-state index >= 15 is 0 Å². The summed E-state index contributed by atoms with van der Waals surface area (Å²) >= 11 is 0. The molecular formula is C15H14O2. The highest BCUT2D eigenvalue weighted by atomic mass is 16.4. The molecule has 0 atom stereocenters. The monoisotopic (exact) mass is 226 g/mol. The number of carboxylic acids is 1. The minimum Gasteiger partial charge on any atom is -0.478 e. The lowest BCUT2D eigenvalue weighted by Crippen LogP contribution is -1.96. The van der Waals surface area contributed by atoms with Crippen molar-refractivity contribution >= 4 is 5.97 Å². The van der Waals surface area contributed by atoms with E-state index in [-0.39, 0.29) is 0 Å². The van der Waals surface area contributed by atoms with Crippen LogP contribution in [0.1, 0.15) is 21.5 Å². The number of aromatic carboxylic acids is 1. The molecule has 0 saturated heterocycles. The maximum Gasteiger partial charge on any atom is 0.335 e. The van der Waals surface area contributed by atoms with Crippen LogP contribution in [0.25, 0.3) is 11.1 Å². The molecule has 0 fully saturated rings. The Morgan fingerprint density at radius 1 is 1.00 bits per heavy atom. The largest absolute Gasteiger partial charge is 0.478 e. The maximum atomic E-state index is 11.0. The van der Waals surface area contributed by atoms with Gasteiger partial charge in [0.2, 0.25) is 0 Å². The van der Waals surface area contributed by atoms with Crippen LogP contribution in [0.2, 0.25) is 0 Å². The summed E-state index contributed by atoms with van der Waals surface area (Å²) in [5, 5.41) is 8.99. The Morgan fingerprint density at radius 3 is 2.18 bits per heavy atom. The topological polar surface area (TPSA) is 37.3 Å². The average molecular weight is 226 g/mol. The number of hydrogen-bond acceptors (Lipinski definition) is 1. The molecule has 86 valence electrons. The Hall–Kier alpha value is -2.09. The van der Waals surface area contributed by atoms with Crippen LogP contribution < -0.4 is 0 Å². The molecule has 0 amide bonds. The Kier molecular flexibility index (Phi) is 2.96. The highest BCUT2D eigenvalue weighted by Gasteiger charge is 2.08. The molecule has 0 saturated carbocycles. The minimum absolute atomic E-state index is 0.324. The zero-order valence-electron chi connectivity index (χ0n) is 9.90. The van der Waals surface area contributed by atoms with Crippen LogP contribution in [0.15, 0.2) is 42.5 Å². The fourth-order valence-electron chi connectivity index (χ4n) is 2.08. The van der Waals surface area contributed by atoms with Crippen molar-refractivity contribution in [2.45, 2.75) is 13.8 Å². The highest BCUT2D eigenvalue weighted by Crippen LogP contribution is 2.27. The third-order valence-electron chi connectivity index (χ3n) is 2.88. The van der Waals surface area contributed by atoms with E-state index in [9.17, 15) is 4.79 Å². The number of hydrogen-bond donors (Lipinski definition) is 1. The first-order valence-corrected chi connectivity index (χ1v) is 5.49. The van der Waals surface area contributed by atoms with Crippen molar-refractivity contribution in [3.63, 3.8) is 0 Å². The number of carbonyl (C=O) groups is 1. The minimum atomic E-state index is -0.891. The van der Waals surface area contributed by atoms with E-state index in [2.05, 4.69) is 0 Å². The Morgan fingerprint density at radius 2 is 1.59 bits per heavy atom. The summed E-state index contributed by atoms with van der Waals surface area (Å²) in [6.07, 6.45) is 0. The van der Waals surface area contributed by atoms with Gasteiger partial charge in [-0.25, -0.2) is 4.79 Å². The molecule has 0 aromatic heterocycles.